The van der Waals surface area contributed by atoms with E-state index in [1.54, 1.807) is 0 Å². The molecule has 0 aliphatic carbocycles. The Morgan fingerprint density at radius 3 is 2.06 bits per heavy atom. The molecule has 0 saturated carbocycles. The lowest BCUT2D eigenvalue weighted by molar-refractivity contribution is 1.22. The van der Waals surface area contributed by atoms with E-state index in [-0.39, 0.29) is 0 Å². The highest BCUT2D eigenvalue weighted by Gasteiger charge is 2.19. The second kappa shape index (κ2) is 4.45. The van der Waals surface area contributed by atoms with Crippen LogP contribution in [-0.2, 0) is 0 Å². The zero-order valence-corrected chi connectivity index (χ0v) is 12.0. The maximum absolute atomic E-state index is 4.74. The molecule has 0 spiro atoms. The molecule has 88 valence electrons. The fraction of sp³-hybridized carbons (Fsp3) is 0.267. The third-order valence-corrected chi connectivity index (χ3v) is 5.11. The van der Waals surface area contributed by atoms with Gasteiger partial charge in [0, 0.05) is 11.3 Å². The minimum Gasteiger partial charge on any atom is -0.253 e. The third kappa shape index (κ3) is 2.64. The summed E-state index contributed by atoms with van der Waals surface area (Å²) in [7, 11) is -1.26. The van der Waals surface area contributed by atoms with Crippen LogP contribution < -0.4 is 5.19 Å². The number of rotatable bonds is 2. The van der Waals surface area contributed by atoms with E-state index in [1.807, 2.05) is 6.07 Å². The van der Waals surface area contributed by atoms with E-state index in [0.717, 1.165) is 5.69 Å². The lowest BCUT2D eigenvalue weighted by Gasteiger charge is -2.19. The van der Waals surface area contributed by atoms with Gasteiger partial charge in [0.25, 0.3) is 0 Å². The van der Waals surface area contributed by atoms with E-state index in [4.69, 9.17) is 4.98 Å². The van der Waals surface area contributed by atoms with Crippen molar-refractivity contribution in [3.05, 3.63) is 48.2 Å². The van der Waals surface area contributed by atoms with Gasteiger partial charge in [-0.05, 0) is 18.2 Å². The summed E-state index contributed by atoms with van der Waals surface area (Å²) in [4.78, 5) is 4.74. The van der Waals surface area contributed by atoms with Crippen molar-refractivity contribution >= 4 is 13.3 Å². The minimum absolute atomic E-state index is 1.07. The van der Waals surface area contributed by atoms with Crippen molar-refractivity contribution in [1.82, 2.24) is 4.98 Å². The number of nitrogens with zero attached hydrogens (tertiary/aromatic N) is 1. The maximum Gasteiger partial charge on any atom is 0.0799 e. The van der Waals surface area contributed by atoms with E-state index < -0.39 is 8.07 Å². The van der Waals surface area contributed by atoms with Crippen LogP contribution in [0.5, 0.6) is 0 Å². The summed E-state index contributed by atoms with van der Waals surface area (Å²) in [6, 6.07) is 14.8. The molecule has 17 heavy (non-hydrogen) atoms. The number of aromatic nitrogens is 1. The van der Waals surface area contributed by atoms with E-state index in [2.05, 4.69) is 63.0 Å². The third-order valence-electron chi connectivity index (χ3n) is 2.96. The molecular weight excluding hydrogens is 222 g/mol. The number of benzene rings is 1. The van der Waals surface area contributed by atoms with Gasteiger partial charge in [-0.15, -0.1) is 0 Å². The Bertz CT molecular complexity index is 512. The molecule has 2 aromatic rings. The molecule has 1 heterocycles. The molecule has 0 fully saturated rings. The molecule has 0 N–H and O–H groups in total. The van der Waals surface area contributed by atoms with Gasteiger partial charge in [0.2, 0.25) is 0 Å². The SMILES string of the molecule is Cc1nc(-c2ccccc2)ccc1[Si](C)(C)C. The van der Waals surface area contributed by atoms with Crippen molar-refractivity contribution in [2.24, 2.45) is 0 Å². The Hall–Kier alpha value is -1.41. The van der Waals surface area contributed by atoms with Gasteiger partial charge >= 0.3 is 0 Å². The van der Waals surface area contributed by atoms with Crippen LogP contribution in [0.1, 0.15) is 5.69 Å². The van der Waals surface area contributed by atoms with Gasteiger partial charge in [-0.3, -0.25) is 4.98 Å². The highest BCUT2D eigenvalue weighted by molar-refractivity contribution is 6.89. The number of pyridine rings is 1. The zero-order chi connectivity index (χ0) is 12.5. The molecule has 0 aliphatic rings. The molecule has 0 unspecified atom stereocenters. The molecular formula is C15H19NSi. The second-order valence-electron chi connectivity index (χ2n) is 5.45. The highest BCUT2D eigenvalue weighted by Crippen LogP contribution is 2.17. The Balaban J connectivity index is 2.45. The minimum atomic E-state index is -1.26. The molecule has 1 aromatic heterocycles. The monoisotopic (exact) mass is 241 g/mol. The van der Waals surface area contributed by atoms with Gasteiger partial charge in [-0.1, -0.05) is 56.0 Å². The molecule has 0 saturated heterocycles. The summed E-state index contributed by atoms with van der Waals surface area (Å²) in [5.41, 5.74) is 3.45. The van der Waals surface area contributed by atoms with Crippen LogP contribution in [0.25, 0.3) is 11.3 Å². The maximum atomic E-state index is 4.74. The van der Waals surface area contributed by atoms with Crippen molar-refractivity contribution in [3.63, 3.8) is 0 Å². The van der Waals surface area contributed by atoms with Gasteiger partial charge in [0.1, 0.15) is 0 Å². The van der Waals surface area contributed by atoms with Crippen molar-refractivity contribution in [2.75, 3.05) is 0 Å². The Kier molecular flexibility index (Phi) is 3.16. The first-order valence-corrected chi connectivity index (χ1v) is 9.52. The molecule has 0 radical (unpaired) electrons. The summed E-state index contributed by atoms with van der Waals surface area (Å²) < 4.78 is 0. The van der Waals surface area contributed by atoms with E-state index >= 15 is 0 Å². The highest BCUT2D eigenvalue weighted by atomic mass is 28.3. The largest absolute Gasteiger partial charge is 0.253 e. The molecule has 2 heteroatoms. The molecule has 1 nitrogen and oxygen atoms in total. The van der Waals surface area contributed by atoms with Crippen molar-refractivity contribution in [3.8, 4) is 11.3 Å². The topological polar surface area (TPSA) is 12.9 Å². The summed E-state index contributed by atoms with van der Waals surface area (Å²) in [6.45, 7) is 9.21. The fourth-order valence-corrected chi connectivity index (χ4v) is 3.85. The first-order valence-electron chi connectivity index (χ1n) is 6.02. The predicted octanol–water partition coefficient (Wildman–Crippen LogP) is 3.60. The summed E-state index contributed by atoms with van der Waals surface area (Å²) in [5.74, 6) is 0. The Labute approximate surface area is 105 Å². The van der Waals surface area contributed by atoms with Crippen molar-refractivity contribution < 1.29 is 0 Å². The van der Waals surface area contributed by atoms with Gasteiger partial charge in [0.05, 0.1) is 13.8 Å². The van der Waals surface area contributed by atoms with E-state index in [1.165, 1.54) is 16.4 Å². The van der Waals surface area contributed by atoms with Crippen molar-refractivity contribution in [1.29, 1.82) is 0 Å². The van der Waals surface area contributed by atoms with E-state index in [0.29, 0.717) is 0 Å². The molecule has 0 atom stereocenters. The second-order valence-corrected chi connectivity index (χ2v) is 10.5. The van der Waals surface area contributed by atoms with Crippen LogP contribution in [-0.4, -0.2) is 13.1 Å². The number of hydrogen-bond donors (Lipinski definition) is 0. The van der Waals surface area contributed by atoms with Crippen LogP contribution >= 0.6 is 0 Å². The van der Waals surface area contributed by atoms with Crippen LogP contribution in [0.15, 0.2) is 42.5 Å². The average Bonchev–Trinajstić information content (AvgIpc) is 2.28. The van der Waals surface area contributed by atoms with Crippen molar-refractivity contribution in [2.45, 2.75) is 26.6 Å². The normalized spacial score (nSPS) is 11.5. The summed E-state index contributed by atoms with van der Waals surface area (Å²) >= 11 is 0. The lowest BCUT2D eigenvalue weighted by Crippen LogP contribution is -2.39. The molecule has 2 rings (SSSR count). The molecule has 0 amide bonds. The Morgan fingerprint density at radius 2 is 1.53 bits per heavy atom. The molecule has 0 bridgehead atoms. The number of aryl methyl sites for hydroxylation is 1. The smallest absolute Gasteiger partial charge is 0.0799 e. The Morgan fingerprint density at radius 1 is 0.882 bits per heavy atom. The zero-order valence-electron chi connectivity index (χ0n) is 11.0. The molecule has 0 aliphatic heterocycles. The van der Waals surface area contributed by atoms with Gasteiger partial charge in [-0.2, -0.15) is 0 Å². The fourth-order valence-electron chi connectivity index (χ4n) is 2.12. The van der Waals surface area contributed by atoms with Crippen LogP contribution in [0.3, 0.4) is 0 Å². The summed E-state index contributed by atoms with van der Waals surface area (Å²) in [6.07, 6.45) is 0. The quantitative estimate of drug-likeness (QED) is 0.732. The van der Waals surface area contributed by atoms with Gasteiger partial charge in [0.15, 0.2) is 0 Å². The average molecular weight is 241 g/mol. The van der Waals surface area contributed by atoms with Crippen LogP contribution in [0.4, 0.5) is 0 Å². The van der Waals surface area contributed by atoms with Gasteiger partial charge < -0.3 is 0 Å². The lowest BCUT2D eigenvalue weighted by atomic mass is 10.1. The standard InChI is InChI=1S/C15H19NSi/c1-12-15(17(2,3)4)11-10-14(16-12)13-8-6-5-7-9-13/h5-11H,1-4H3. The van der Waals surface area contributed by atoms with Crippen LogP contribution in [0.2, 0.25) is 19.6 Å². The van der Waals surface area contributed by atoms with E-state index in [9.17, 15) is 0 Å². The summed E-state index contributed by atoms with van der Waals surface area (Å²) in [5, 5.41) is 1.46. The van der Waals surface area contributed by atoms with Gasteiger partial charge in [-0.25, -0.2) is 0 Å². The predicted molar refractivity (Wildman–Crippen MR) is 77.4 cm³/mol. The first-order chi connectivity index (χ1) is 7.98. The van der Waals surface area contributed by atoms with Crippen LogP contribution in [0, 0.1) is 6.92 Å². The number of hydrogen-bond acceptors (Lipinski definition) is 1. The molecule has 1 aromatic carbocycles. The first kappa shape index (κ1) is 12.1.